The van der Waals surface area contributed by atoms with Crippen LogP contribution < -0.4 is 4.90 Å². The molecule has 2 rings (SSSR count). The van der Waals surface area contributed by atoms with Crippen LogP contribution in [0.2, 0.25) is 0 Å². The number of amides is 1. The number of rotatable bonds is 2. The number of halogens is 1. The first-order valence-electron chi connectivity index (χ1n) is 5.44. The number of piperazine rings is 1. The van der Waals surface area contributed by atoms with Crippen LogP contribution in [0, 0.1) is 0 Å². The van der Waals surface area contributed by atoms with Gasteiger partial charge in [0.25, 0.3) is 0 Å². The van der Waals surface area contributed by atoms with Crippen LogP contribution in [0.1, 0.15) is 0 Å². The second-order valence-electron chi connectivity index (χ2n) is 3.96. The molecule has 18 heavy (non-hydrogen) atoms. The lowest BCUT2D eigenvalue weighted by Crippen LogP contribution is -2.56. The van der Waals surface area contributed by atoms with Gasteiger partial charge < -0.3 is 15.1 Å². The lowest BCUT2D eigenvalue weighted by Gasteiger charge is -2.38. The van der Waals surface area contributed by atoms with Gasteiger partial charge in [-0.25, -0.2) is 14.8 Å². The fourth-order valence-electron chi connectivity index (χ4n) is 1.91. The van der Waals surface area contributed by atoms with Crippen molar-refractivity contribution in [1.29, 1.82) is 0 Å². The first-order valence-corrected chi connectivity index (χ1v) is 6.24. The van der Waals surface area contributed by atoms with E-state index in [2.05, 4.69) is 25.9 Å². The van der Waals surface area contributed by atoms with Crippen molar-refractivity contribution in [2.45, 2.75) is 6.04 Å². The number of carbonyl (C=O) groups is 1. The van der Waals surface area contributed by atoms with Crippen molar-refractivity contribution in [3.63, 3.8) is 0 Å². The van der Waals surface area contributed by atoms with Gasteiger partial charge in [0.15, 0.2) is 0 Å². The highest BCUT2D eigenvalue weighted by atomic mass is 79.9. The van der Waals surface area contributed by atoms with Gasteiger partial charge in [-0.3, -0.25) is 4.90 Å². The second-order valence-corrected chi connectivity index (χ2v) is 4.88. The van der Waals surface area contributed by atoms with E-state index in [9.17, 15) is 9.90 Å². The summed E-state index contributed by atoms with van der Waals surface area (Å²) in [4.78, 5) is 22.4. The largest absolute Gasteiger partial charge is 0.465 e. The van der Waals surface area contributed by atoms with Crippen LogP contribution in [-0.2, 0) is 0 Å². The molecule has 1 atom stereocenters. The van der Waals surface area contributed by atoms with Crippen LogP contribution in [-0.4, -0.2) is 63.5 Å². The zero-order valence-electron chi connectivity index (χ0n) is 9.53. The van der Waals surface area contributed by atoms with Crippen LogP contribution in [0.3, 0.4) is 0 Å². The van der Waals surface area contributed by atoms with E-state index in [4.69, 9.17) is 5.11 Å². The standard InChI is InChI=1S/C10H13BrN4O3/c11-7-3-12-9(13-4-7)14-1-2-15(10(17)18)8(5-14)6-16/h3-4,8,16H,1-2,5-6H2,(H,17,18). The molecule has 1 fully saturated rings. The van der Waals surface area contributed by atoms with Gasteiger partial charge in [-0.2, -0.15) is 0 Å². The molecule has 1 saturated heterocycles. The van der Waals surface area contributed by atoms with E-state index >= 15 is 0 Å². The van der Waals surface area contributed by atoms with Gasteiger partial charge >= 0.3 is 6.09 Å². The average molecular weight is 317 g/mol. The third kappa shape index (κ3) is 2.70. The molecule has 0 aliphatic carbocycles. The second kappa shape index (κ2) is 5.49. The Kier molecular flexibility index (Phi) is 3.97. The molecule has 8 heteroatoms. The Hall–Kier alpha value is -1.41. The summed E-state index contributed by atoms with van der Waals surface area (Å²) < 4.78 is 0.786. The maximum atomic E-state index is 11.0. The van der Waals surface area contributed by atoms with Crippen LogP contribution >= 0.6 is 15.9 Å². The summed E-state index contributed by atoms with van der Waals surface area (Å²) >= 11 is 3.25. The van der Waals surface area contributed by atoms with Gasteiger partial charge in [0.05, 0.1) is 17.1 Å². The van der Waals surface area contributed by atoms with Gasteiger partial charge in [0.2, 0.25) is 5.95 Å². The molecule has 0 aromatic carbocycles. The third-order valence-corrected chi connectivity index (χ3v) is 3.24. The summed E-state index contributed by atoms with van der Waals surface area (Å²) in [6.07, 6.45) is 2.27. The number of aliphatic hydroxyl groups excluding tert-OH is 1. The molecule has 98 valence electrons. The molecule has 2 N–H and O–H groups in total. The molecule has 0 saturated carbocycles. The Balaban J connectivity index is 2.09. The predicted octanol–water partition coefficient (Wildman–Crippen LogP) is 0.400. The zero-order chi connectivity index (χ0) is 13.1. The van der Waals surface area contributed by atoms with E-state index in [0.29, 0.717) is 25.6 Å². The molecule has 0 radical (unpaired) electrons. The Bertz CT molecular complexity index is 428. The van der Waals surface area contributed by atoms with Crippen molar-refractivity contribution in [2.75, 3.05) is 31.1 Å². The van der Waals surface area contributed by atoms with E-state index in [0.717, 1.165) is 4.47 Å². The summed E-state index contributed by atoms with van der Waals surface area (Å²) in [5, 5.41) is 18.2. The minimum absolute atomic E-state index is 0.209. The van der Waals surface area contributed by atoms with Crippen LogP contribution in [0.5, 0.6) is 0 Å². The molecule has 2 heterocycles. The molecule has 7 nitrogen and oxygen atoms in total. The number of anilines is 1. The summed E-state index contributed by atoms with van der Waals surface area (Å²) in [5.74, 6) is 0.543. The minimum Gasteiger partial charge on any atom is -0.465 e. The molecule has 1 unspecified atom stereocenters. The Morgan fingerprint density at radius 1 is 1.44 bits per heavy atom. The van der Waals surface area contributed by atoms with E-state index in [-0.39, 0.29) is 6.61 Å². The van der Waals surface area contributed by atoms with Crippen LogP contribution in [0.15, 0.2) is 16.9 Å². The van der Waals surface area contributed by atoms with Crippen LogP contribution in [0.25, 0.3) is 0 Å². The summed E-state index contributed by atoms with van der Waals surface area (Å²) in [6.45, 7) is 1.04. The van der Waals surface area contributed by atoms with Crippen molar-refractivity contribution in [3.8, 4) is 0 Å². The SMILES string of the molecule is O=C(O)N1CCN(c2ncc(Br)cn2)CC1CO. The van der Waals surface area contributed by atoms with Gasteiger partial charge in [0.1, 0.15) is 0 Å². The average Bonchev–Trinajstić information content (AvgIpc) is 2.38. The topological polar surface area (TPSA) is 89.8 Å². The maximum absolute atomic E-state index is 11.0. The molecular formula is C10H13BrN4O3. The van der Waals surface area contributed by atoms with Crippen molar-refractivity contribution in [1.82, 2.24) is 14.9 Å². The number of hydrogen-bond donors (Lipinski definition) is 2. The Morgan fingerprint density at radius 2 is 2.11 bits per heavy atom. The number of carboxylic acid groups (broad SMARTS) is 1. The lowest BCUT2D eigenvalue weighted by atomic mass is 10.2. The first-order chi connectivity index (χ1) is 8.61. The number of hydrogen-bond acceptors (Lipinski definition) is 5. The number of nitrogens with zero attached hydrogens (tertiary/aromatic N) is 4. The van der Waals surface area contributed by atoms with Gasteiger partial charge in [-0.05, 0) is 15.9 Å². The molecular weight excluding hydrogens is 304 g/mol. The van der Waals surface area contributed by atoms with E-state index < -0.39 is 12.1 Å². The molecule has 0 spiro atoms. The molecule has 1 aromatic heterocycles. The highest BCUT2D eigenvalue weighted by Crippen LogP contribution is 2.16. The Morgan fingerprint density at radius 3 is 2.67 bits per heavy atom. The lowest BCUT2D eigenvalue weighted by molar-refractivity contribution is 0.0907. The maximum Gasteiger partial charge on any atom is 0.407 e. The first kappa shape index (κ1) is 13.0. The van der Waals surface area contributed by atoms with E-state index in [1.54, 1.807) is 12.4 Å². The predicted molar refractivity (Wildman–Crippen MR) is 67.5 cm³/mol. The van der Waals surface area contributed by atoms with Gasteiger partial charge in [0, 0.05) is 32.0 Å². The molecule has 1 aromatic rings. The van der Waals surface area contributed by atoms with Crippen molar-refractivity contribution >= 4 is 28.0 Å². The molecule has 0 bridgehead atoms. The number of aliphatic hydroxyl groups is 1. The fraction of sp³-hybridized carbons (Fsp3) is 0.500. The van der Waals surface area contributed by atoms with Crippen LogP contribution in [0.4, 0.5) is 10.7 Å². The summed E-state index contributed by atoms with van der Waals surface area (Å²) in [6, 6.07) is -0.441. The van der Waals surface area contributed by atoms with Gasteiger partial charge in [-0.1, -0.05) is 0 Å². The normalized spacial score (nSPS) is 20.0. The summed E-state index contributed by atoms with van der Waals surface area (Å²) in [7, 11) is 0. The highest BCUT2D eigenvalue weighted by Gasteiger charge is 2.30. The highest BCUT2D eigenvalue weighted by molar-refractivity contribution is 9.10. The fourth-order valence-corrected chi connectivity index (χ4v) is 2.12. The quantitative estimate of drug-likeness (QED) is 0.821. The molecule has 1 amide bonds. The summed E-state index contributed by atoms with van der Waals surface area (Å²) in [5.41, 5.74) is 0. The van der Waals surface area contributed by atoms with Crippen molar-refractivity contribution in [2.24, 2.45) is 0 Å². The van der Waals surface area contributed by atoms with E-state index in [1.807, 2.05) is 4.90 Å². The molecule has 1 aliphatic rings. The minimum atomic E-state index is -1.01. The van der Waals surface area contributed by atoms with Crippen molar-refractivity contribution in [3.05, 3.63) is 16.9 Å². The smallest absolute Gasteiger partial charge is 0.407 e. The van der Waals surface area contributed by atoms with Gasteiger partial charge in [-0.15, -0.1) is 0 Å². The zero-order valence-corrected chi connectivity index (χ0v) is 11.1. The molecule has 1 aliphatic heterocycles. The van der Waals surface area contributed by atoms with Crippen molar-refractivity contribution < 1.29 is 15.0 Å². The Labute approximate surface area is 112 Å². The number of aromatic nitrogens is 2. The van der Waals surface area contributed by atoms with E-state index in [1.165, 1.54) is 4.90 Å². The monoisotopic (exact) mass is 316 g/mol. The third-order valence-electron chi connectivity index (χ3n) is 2.83.